The first-order valence-electron chi connectivity index (χ1n) is 9.42. The highest BCUT2D eigenvalue weighted by molar-refractivity contribution is 5.95. The van der Waals surface area contributed by atoms with E-state index in [-0.39, 0.29) is 22.8 Å². The van der Waals surface area contributed by atoms with E-state index >= 15 is 0 Å². The normalized spacial score (nSPS) is 25.4. The molecule has 0 saturated carbocycles. The van der Waals surface area contributed by atoms with E-state index in [4.69, 9.17) is 5.26 Å². The van der Waals surface area contributed by atoms with E-state index in [0.717, 1.165) is 12.0 Å². The van der Waals surface area contributed by atoms with E-state index in [0.29, 0.717) is 29.8 Å². The first-order valence-corrected chi connectivity index (χ1v) is 9.42. The average Bonchev–Trinajstić information content (AvgIpc) is 2.65. The van der Waals surface area contributed by atoms with Gasteiger partial charge in [-0.1, -0.05) is 39.0 Å². The number of fused-ring (bicyclic) bond motifs is 4. The second-order valence-electron chi connectivity index (χ2n) is 8.52. The molecule has 1 fully saturated rings. The highest BCUT2D eigenvalue weighted by Crippen LogP contribution is 2.57. The molecule has 1 aliphatic heterocycles. The molecular formula is C23H24N2O2. The molecule has 2 aliphatic rings. The SMILES string of the molecule is CC1(C)[C@H]2Cc3c(O)cccc3[C@]1(C)CCN2C(=O)c1cccc(C#N)c1. The lowest BCUT2D eigenvalue weighted by Crippen LogP contribution is -2.64. The summed E-state index contributed by atoms with van der Waals surface area (Å²) in [6.45, 7) is 7.40. The van der Waals surface area contributed by atoms with Gasteiger partial charge < -0.3 is 10.0 Å². The van der Waals surface area contributed by atoms with E-state index < -0.39 is 0 Å². The van der Waals surface area contributed by atoms with Crippen LogP contribution in [0.5, 0.6) is 5.75 Å². The number of rotatable bonds is 1. The predicted molar refractivity (Wildman–Crippen MR) is 104 cm³/mol. The Morgan fingerprint density at radius 3 is 2.70 bits per heavy atom. The molecule has 138 valence electrons. The Kier molecular flexibility index (Phi) is 3.82. The van der Waals surface area contributed by atoms with Crippen molar-refractivity contribution < 1.29 is 9.90 Å². The summed E-state index contributed by atoms with van der Waals surface area (Å²) in [6, 6.07) is 14.8. The van der Waals surface area contributed by atoms with Crippen molar-refractivity contribution in [3.63, 3.8) is 0 Å². The van der Waals surface area contributed by atoms with Gasteiger partial charge in [0.25, 0.3) is 5.91 Å². The summed E-state index contributed by atoms with van der Waals surface area (Å²) in [4.78, 5) is 15.3. The van der Waals surface area contributed by atoms with Gasteiger partial charge in [0.05, 0.1) is 11.6 Å². The van der Waals surface area contributed by atoms with Crippen molar-refractivity contribution in [2.45, 2.75) is 45.1 Å². The van der Waals surface area contributed by atoms with Gasteiger partial charge in [-0.25, -0.2) is 0 Å². The van der Waals surface area contributed by atoms with Crippen molar-refractivity contribution in [3.05, 3.63) is 64.7 Å². The lowest BCUT2D eigenvalue weighted by atomic mass is 9.51. The molecule has 2 aromatic carbocycles. The lowest BCUT2D eigenvalue weighted by molar-refractivity contribution is -0.0266. The molecule has 4 rings (SSSR count). The molecule has 4 nitrogen and oxygen atoms in total. The predicted octanol–water partition coefficient (Wildman–Crippen LogP) is 4.02. The highest BCUT2D eigenvalue weighted by atomic mass is 16.3. The maximum Gasteiger partial charge on any atom is 0.254 e. The van der Waals surface area contributed by atoms with Crippen LogP contribution in [-0.4, -0.2) is 28.5 Å². The number of aromatic hydroxyl groups is 1. The van der Waals surface area contributed by atoms with Crippen LogP contribution in [0, 0.1) is 16.7 Å². The molecule has 0 radical (unpaired) electrons. The van der Waals surface area contributed by atoms with Gasteiger partial charge in [-0.15, -0.1) is 0 Å². The van der Waals surface area contributed by atoms with Gasteiger partial charge >= 0.3 is 0 Å². The lowest BCUT2D eigenvalue weighted by Gasteiger charge is -2.60. The molecule has 2 aromatic rings. The van der Waals surface area contributed by atoms with Crippen molar-refractivity contribution >= 4 is 5.91 Å². The van der Waals surface area contributed by atoms with Crippen molar-refractivity contribution in [2.75, 3.05) is 6.54 Å². The number of hydrogen-bond donors (Lipinski definition) is 1. The summed E-state index contributed by atoms with van der Waals surface area (Å²) in [7, 11) is 0. The molecule has 0 unspecified atom stereocenters. The third kappa shape index (κ3) is 2.38. The fourth-order valence-electron chi connectivity index (χ4n) is 5.06. The Labute approximate surface area is 160 Å². The number of hydrogen-bond acceptors (Lipinski definition) is 3. The Morgan fingerprint density at radius 2 is 1.96 bits per heavy atom. The summed E-state index contributed by atoms with van der Waals surface area (Å²) in [5.74, 6) is 0.283. The van der Waals surface area contributed by atoms with Crippen LogP contribution in [0.1, 0.15) is 54.2 Å². The minimum Gasteiger partial charge on any atom is -0.508 e. The quantitative estimate of drug-likeness (QED) is 0.835. The monoisotopic (exact) mass is 360 g/mol. The second-order valence-corrected chi connectivity index (χ2v) is 8.52. The number of phenolic OH excluding ortho intramolecular Hbond substituents is 1. The molecule has 1 amide bonds. The first kappa shape index (κ1) is 17.6. The third-order valence-corrected chi connectivity index (χ3v) is 7.13. The Hall–Kier alpha value is -2.80. The standard InChI is InChI=1S/C23H24N2O2/c1-22(2)20-13-17-18(8-5-9-19(17)26)23(22,3)10-11-25(20)21(27)16-7-4-6-15(12-16)14-24/h4-9,12,20,26H,10-11,13H2,1-3H3/t20-,23+/m1/s1. The highest BCUT2D eigenvalue weighted by Gasteiger charge is 2.57. The number of benzene rings is 2. The number of amides is 1. The van der Waals surface area contributed by atoms with Crippen molar-refractivity contribution in [1.82, 2.24) is 4.90 Å². The van der Waals surface area contributed by atoms with Gasteiger partial charge in [0, 0.05) is 23.6 Å². The number of carbonyl (C=O) groups excluding carboxylic acids is 1. The van der Waals surface area contributed by atoms with Crippen LogP contribution in [-0.2, 0) is 11.8 Å². The molecule has 1 aliphatic carbocycles. The second kappa shape index (κ2) is 5.85. The minimum absolute atomic E-state index is 0.00436. The van der Waals surface area contributed by atoms with E-state index in [2.05, 4.69) is 32.9 Å². The maximum absolute atomic E-state index is 13.3. The van der Waals surface area contributed by atoms with Crippen LogP contribution in [0.3, 0.4) is 0 Å². The van der Waals surface area contributed by atoms with Crippen molar-refractivity contribution in [2.24, 2.45) is 5.41 Å². The van der Waals surface area contributed by atoms with Crippen LogP contribution in [0.4, 0.5) is 0 Å². The van der Waals surface area contributed by atoms with E-state index in [9.17, 15) is 9.90 Å². The van der Waals surface area contributed by atoms with Crippen LogP contribution < -0.4 is 0 Å². The number of likely N-dealkylation sites (tertiary alicyclic amines) is 1. The molecule has 27 heavy (non-hydrogen) atoms. The van der Waals surface area contributed by atoms with Crippen molar-refractivity contribution in [3.8, 4) is 11.8 Å². The van der Waals surface area contributed by atoms with Gasteiger partial charge in [0.1, 0.15) is 5.75 Å². The molecular weight excluding hydrogens is 336 g/mol. The fraction of sp³-hybridized carbons (Fsp3) is 0.391. The largest absolute Gasteiger partial charge is 0.508 e. The van der Waals surface area contributed by atoms with Crippen LogP contribution in [0.15, 0.2) is 42.5 Å². The summed E-state index contributed by atoms with van der Waals surface area (Å²) >= 11 is 0. The zero-order chi connectivity index (χ0) is 19.4. The van der Waals surface area contributed by atoms with Crippen LogP contribution >= 0.6 is 0 Å². The number of piperidine rings is 1. The zero-order valence-electron chi connectivity index (χ0n) is 16.0. The smallest absolute Gasteiger partial charge is 0.254 e. The van der Waals surface area contributed by atoms with Crippen LogP contribution in [0.25, 0.3) is 0 Å². The van der Waals surface area contributed by atoms with Gasteiger partial charge in [-0.05, 0) is 53.6 Å². The Balaban J connectivity index is 1.79. The molecule has 1 N–H and O–H groups in total. The van der Waals surface area contributed by atoms with Crippen molar-refractivity contribution in [1.29, 1.82) is 5.26 Å². The molecule has 2 atom stereocenters. The average molecular weight is 360 g/mol. The summed E-state index contributed by atoms with van der Waals surface area (Å²) in [5.41, 5.74) is 2.99. The summed E-state index contributed by atoms with van der Waals surface area (Å²) in [6.07, 6.45) is 1.49. The van der Waals surface area contributed by atoms with Gasteiger partial charge in [0.15, 0.2) is 0 Å². The molecule has 0 aromatic heterocycles. The maximum atomic E-state index is 13.3. The molecule has 2 bridgehead atoms. The number of carbonyl (C=O) groups is 1. The van der Waals surface area contributed by atoms with E-state index in [1.807, 2.05) is 11.0 Å². The molecule has 1 heterocycles. The van der Waals surface area contributed by atoms with Gasteiger partial charge in [-0.3, -0.25) is 4.79 Å². The summed E-state index contributed by atoms with van der Waals surface area (Å²) < 4.78 is 0. The van der Waals surface area contributed by atoms with E-state index in [1.165, 1.54) is 5.56 Å². The van der Waals surface area contributed by atoms with Gasteiger partial charge in [0.2, 0.25) is 0 Å². The molecule has 1 saturated heterocycles. The molecule has 4 heteroatoms. The molecule has 0 spiro atoms. The van der Waals surface area contributed by atoms with E-state index in [1.54, 1.807) is 30.3 Å². The number of nitrogens with zero attached hydrogens (tertiary/aromatic N) is 2. The number of nitriles is 1. The number of phenols is 1. The summed E-state index contributed by atoms with van der Waals surface area (Å²) in [5, 5.41) is 19.6. The van der Waals surface area contributed by atoms with Crippen LogP contribution in [0.2, 0.25) is 0 Å². The zero-order valence-corrected chi connectivity index (χ0v) is 16.0. The topological polar surface area (TPSA) is 64.3 Å². The fourth-order valence-corrected chi connectivity index (χ4v) is 5.06. The Morgan fingerprint density at radius 1 is 1.22 bits per heavy atom. The minimum atomic E-state index is -0.130. The third-order valence-electron chi connectivity index (χ3n) is 7.13. The Bertz CT molecular complexity index is 973. The first-order chi connectivity index (χ1) is 12.8. The van der Waals surface area contributed by atoms with Gasteiger partial charge in [-0.2, -0.15) is 5.26 Å².